The Hall–Kier alpha value is -1.37. The number of aliphatic hydroxyl groups excluding tert-OH is 1. The summed E-state index contributed by atoms with van der Waals surface area (Å²) >= 11 is 0. The van der Waals surface area contributed by atoms with E-state index in [1.807, 2.05) is 19.1 Å². The summed E-state index contributed by atoms with van der Waals surface area (Å²) in [6, 6.07) is 7.50. The van der Waals surface area contributed by atoms with Crippen molar-refractivity contribution < 1.29 is 5.11 Å². The second-order valence-corrected chi connectivity index (χ2v) is 3.72. The highest BCUT2D eigenvalue weighted by molar-refractivity contribution is 5.41. The molecule has 0 saturated heterocycles. The van der Waals surface area contributed by atoms with Gasteiger partial charge in [0.15, 0.2) is 0 Å². The maximum absolute atomic E-state index is 9.07. The third-order valence-electron chi connectivity index (χ3n) is 2.35. The Morgan fingerprint density at radius 1 is 1.57 bits per heavy atom. The number of rotatable bonds is 2. The van der Waals surface area contributed by atoms with Crippen LogP contribution in [0.25, 0.3) is 0 Å². The molecule has 0 aromatic heterocycles. The van der Waals surface area contributed by atoms with E-state index in [1.165, 1.54) is 0 Å². The first kappa shape index (κ1) is 10.7. The van der Waals surface area contributed by atoms with Gasteiger partial charge >= 0.3 is 0 Å². The number of nitrogens with two attached hydrogens (primary N) is 1. The minimum Gasteiger partial charge on any atom is -0.394 e. The number of aryl methyl sites for hydroxylation is 1. The Morgan fingerprint density at radius 3 is 2.71 bits per heavy atom. The zero-order valence-corrected chi connectivity index (χ0v) is 8.41. The van der Waals surface area contributed by atoms with Gasteiger partial charge in [-0.3, -0.25) is 0 Å². The molecule has 0 heterocycles. The van der Waals surface area contributed by atoms with Gasteiger partial charge in [-0.1, -0.05) is 12.1 Å². The predicted octanol–water partition coefficient (Wildman–Crippen LogP) is 1.03. The number of benzene rings is 1. The van der Waals surface area contributed by atoms with Crippen molar-refractivity contribution in [1.82, 2.24) is 0 Å². The molecule has 3 heteroatoms. The first-order valence-corrected chi connectivity index (χ1v) is 4.42. The number of hydrogen-bond acceptors (Lipinski definition) is 3. The molecule has 1 atom stereocenters. The molecule has 3 nitrogen and oxygen atoms in total. The largest absolute Gasteiger partial charge is 0.394 e. The van der Waals surface area contributed by atoms with Gasteiger partial charge in [-0.25, -0.2) is 0 Å². The Balaban J connectivity index is 3.21. The van der Waals surface area contributed by atoms with Crippen LogP contribution in [0, 0.1) is 18.3 Å². The molecule has 0 aliphatic heterocycles. The van der Waals surface area contributed by atoms with Gasteiger partial charge in [0.2, 0.25) is 0 Å². The van der Waals surface area contributed by atoms with Crippen molar-refractivity contribution in [2.24, 2.45) is 5.73 Å². The van der Waals surface area contributed by atoms with Crippen molar-refractivity contribution in [3.8, 4) is 6.07 Å². The Morgan fingerprint density at radius 2 is 2.21 bits per heavy atom. The van der Waals surface area contributed by atoms with Crippen LogP contribution in [0.1, 0.15) is 23.6 Å². The van der Waals surface area contributed by atoms with Gasteiger partial charge in [-0.2, -0.15) is 5.26 Å². The van der Waals surface area contributed by atoms with E-state index in [0.717, 1.165) is 11.1 Å². The SMILES string of the molecule is Cc1ccc(C(C)(N)CO)cc1C#N. The average Bonchev–Trinajstić information content (AvgIpc) is 2.18. The number of hydrogen-bond donors (Lipinski definition) is 2. The fourth-order valence-electron chi connectivity index (χ4n) is 1.19. The monoisotopic (exact) mass is 190 g/mol. The molecule has 0 fully saturated rings. The van der Waals surface area contributed by atoms with Crippen molar-refractivity contribution in [2.45, 2.75) is 19.4 Å². The molecule has 74 valence electrons. The van der Waals surface area contributed by atoms with E-state index >= 15 is 0 Å². The van der Waals surface area contributed by atoms with Gasteiger partial charge in [0.25, 0.3) is 0 Å². The Bertz CT molecular complexity index is 377. The molecule has 0 radical (unpaired) electrons. The molecular weight excluding hydrogens is 176 g/mol. The van der Waals surface area contributed by atoms with E-state index < -0.39 is 5.54 Å². The van der Waals surface area contributed by atoms with Gasteiger partial charge in [0, 0.05) is 0 Å². The lowest BCUT2D eigenvalue weighted by Gasteiger charge is -2.22. The topological polar surface area (TPSA) is 70.0 Å². The van der Waals surface area contributed by atoms with E-state index in [2.05, 4.69) is 6.07 Å². The van der Waals surface area contributed by atoms with E-state index in [9.17, 15) is 0 Å². The molecule has 0 aliphatic carbocycles. The fraction of sp³-hybridized carbons (Fsp3) is 0.364. The van der Waals surface area contributed by atoms with Gasteiger partial charge < -0.3 is 10.8 Å². The highest BCUT2D eigenvalue weighted by Gasteiger charge is 2.20. The number of nitriles is 1. The molecular formula is C11H14N2O. The van der Waals surface area contributed by atoms with Crippen LogP contribution in [0.15, 0.2) is 18.2 Å². The lowest BCUT2D eigenvalue weighted by Crippen LogP contribution is -2.36. The van der Waals surface area contributed by atoms with Crippen LogP contribution in [-0.4, -0.2) is 11.7 Å². The summed E-state index contributed by atoms with van der Waals surface area (Å²) in [6.07, 6.45) is 0. The highest BCUT2D eigenvalue weighted by Crippen LogP contribution is 2.19. The summed E-state index contributed by atoms with van der Waals surface area (Å²) in [5.41, 5.74) is 7.38. The molecule has 1 unspecified atom stereocenters. The minimum atomic E-state index is -0.778. The zero-order chi connectivity index (χ0) is 10.8. The van der Waals surface area contributed by atoms with Crippen LogP contribution in [0.2, 0.25) is 0 Å². The van der Waals surface area contributed by atoms with E-state index in [0.29, 0.717) is 5.56 Å². The Kier molecular flexibility index (Phi) is 2.90. The van der Waals surface area contributed by atoms with E-state index in [-0.39, 0.29) is 6.61 Å². The Labute approximate surface area is 83.8 Å². The molecule has 1 aromatic carbocycles. The molecule has 3 N–H and O–H groups in total. The summed E-state index contributed by atoms with van der Waals surface area (Å²) < 4.78 is 0. The van der Waals surface area contributed by atoms with Crippen molar-refractivity contribution in [2.75, 3.05) is 6.61 Å². The lowest BCUT2D eigenvalue weighted by atomic mass is 9.91. The van der Waals surface area contributed by atoms with Crippen LogP contribution in [0.3, 0.4) is 0 Å². The standard InChI is InChI=1S/C11H14N2O/c1-8-3-4-10(5-9(8)6-12)11(2,13)7-14/h3-5,14H,7,13H2,1-2H3. The summed E-state index contributed by atoms with van der Waals surface area (Å²) in [5, 5.41) is 17.9. The number of aliphatic hydroxyl groups is 1. The third kappa shape index (κ3) is 1.92. The van der Waals surface area contributed by atoms with Gasteiger partial charge in [-0.05, 0) is 31.0 Å². The predicted molar refractivity (Wildman–Crippen MR) is 54.5 cm³/mol. The van der Waals surface area contributed by atoms with Crippen LogP contribution in [-0.2, 0) is 5.54 Å². The maximum Gasteiger partial charge on any atom is 0.0994 e. The summed E-state index contributed by atoms with van der Waals surface area (Å²) in [7, 11) is 0. The van der Waals surface area contributed by atoms with Gasteiger partial charge in [0.1, 0.15) is 0 Å². The van der Waals surface area contributed by atoms with Crippen LogP contribution >= 0.6 is 0 Å². The van der Waals surface area contributed by atoms with Gasteiger partial charge in [-0.15, -0.1) is 0 Å². The summed E-state index contributed by atoms with van der Waals surface area (Å²) in [4.78, 5) is 0. The summed E-state index contributed by atoms with van der Waals surface area (Å²) in [5.74, 6) is 0. The van der Waals surface area contributed by atoms with E-state index in [1.54, 1.807) is 13.0 Å². The van der Waals surface area contributed by atoms with Crippen molar-refractivity contribution in [1.29, 1.82) is 5.26 Å². The maximum atomic E-state index is 9.07. The molecule has 0 spiro atoms. The molecule has 0 amide bonds. The van der Waals surface area contributed by atoms with Crippen LogP contribution < -0.4 is 5.73 Å². The number of nitrogens with zero attached hydrogens (tertiary/aromatic N) is 1. The van der Waals surface area contributed by atoms with Crippen molar-refractivity contribution in [3.63, 3.8) is 0 Å². The molecule has 1 rings (SSSR count). The lowest BCUT2D eigenvalue weighted by molar-refractivity contribution is 0.210. The smallest absolute Gasteiger partial charge is 0.0994 e. The molecule has 14 heavy (non-hydrogen) atoms. The average molecular weight is 190 g/mol. The van der Waals surface area contributed by atoms with Gasteiger partial charge in [0.05, 0.1) is 23.8 Å². The molecule has 0 saturated carbocycles. The zero-order valence-electron chi connectivity index (χ0n) is 8.41. The van der Waals surface area contributed by atoms with Crippen LogP contribution in [0.4, 0.5) is 0 Å². The second-order valence-electron chi connectivity index (χ2n) is 3.72. The highest BCUT2D eigenvalue weighted by atomic mass is 16.3. The van der Waals surface area contributed by atoms with Crippen LogP contribution in [0.5, 0.6) is 0 Å². The normalized spacial score (nSPS) is 14.5. The first-order valence-electron chi connectivity index (χ1n) is 4.42. The molecule has 0 aliphatic rings. The molecule has 0 bridgehead atoms. The second kappa shape index (κ2) is 3.79. The summed E-state index contributed by atoms with van der Waals surface area (Å²) in [6.45, 7) is 3.47. The van der Waals surface area contributed by atoms with Crippen molar-refractivity contribution >= 4 is 0 Å². The fourth-order valence-corrected chi connectivity index (χ4v) is 1.19. The van der Waals surface area contributed by atoms with E-state index in [4.69, 9.17) is 16.1 Å². The minimum absolute atomic E-state index is 0.138. The quantitative estimate of drug-likeness (QED) is 0.731. The third-order valence-corrected chi connectivity index (χ3v) is 2.35. The molecule has 1 aromatic rings. The van der Waals surface area contributed by atoms with Crippen molar-refractivity contribution in [3.05, 3.63) is 34.9 Å². The first-order chi connectivity index (χ1) is 6.51.